The van der Waals surface area contributed by atoms with E-state index in [1.807, 2.05) is 0 Å². The van der Waals surface area contributed by atoms with Crippen LogP contribution in [0.25, 0.3) is 0 Å². The number of hydrogen-bond acceptors (Lipinski definition) is 7. The molecule has 1 saturated heterocycles. The molecule has 1 rings (SSSR count). The normalized spacial score (nSPS) is 39.9. The Balaban J connectivity index is 2.50. The Kier molecular flexibility index (Phi) is 6.42. The molecule has 0 aromatic heterocycles. The molecule has 0 spiro atoms. The topological polar surface area (TPSA) is 79.2 Å². The fourth-order valence-corrected chi connectivity index (χ4v) is 1.90. The van der Waals surface area contributed by atoms with E-state index in [2.05, 4.69) is 25.3 Å². The Morgan fingerprint density at radius 3 is 2.31 bits per heavy atom. The summed E-state index contributed by atoms with van der Waals surface area (Å²) in [6.45, 7) is 0.382. The second kappa shape index (κ2) is 7.05. The van der Waals surface area contributed by atoms with Crippen molar-refractivity contribution in [3.63, 3.8) is 0 Å². The molecule has 0 bridgehead atoms. The molecule has 1 aliphatic rings. The SMILES string of the molecule is OC1C(O)[C@@H](O)C(CS)O[C@H]1OCCCS. The minimum atomic E-state index is -1.27. The highest BCUT2D eigenvalue weighted by Crippen LogP contribution is 2.22. The minimum Gasteiger partial charge on any atom is -0.388 e. The number of ether oxygens (including phenoxy) is 2. The van der Waals surface area contributed by atoms with Crippen LogP contribution in [0.2, 0.25) is 0 Å². The van der Waals surface area contributed by atoms with Gasteiger partial charge in [-0.05, 0) is 12.2 Å². The lowest BCUT2D eigenvalue weighted by molar-refractivity contribution is -0.291. The molecule has 7 heteroatoms. The van der Waals surface area contributed by atoms with Gasteiger partial charge in [0, 0.05) is 5.75 Å². The van der Waals surface area contributed by atoms with Crippen LogP contribution in [0.5, 0.6) is 0 Å². The van der Waals surface area contributed by atoms with Crippen LogP contribution in [0.4, 0.5) is 0 Å². The standard InChI is InChI=1S/C9H18O5S2/c10-6-5(4-16)14-9(8(12)7(6)11)13-2-1-3-15/h5-12,15-16H,1-4H2/t5?,6-,7?,8?,9+/m0/s1. The molecule has 0 radical (unpaired) electrons. The highest BCUT2D eigenvalue weighted by Gasteiger charge is 2.43. The number of rotatable bonds is 5. The maximum absolute atomic E-state index is 9.62. The molecule has 0 amide bonds. The average molecular weight is 270 g/mol. The van der Waals surface area contributed by atoms with Gasteiger partial charge in [-0.1, -0.05) is 0 Å². The summed E-state index contributed by atoms with van der Waals surface area (Å²) >= 11 is 8.02. The Morgan fingerprint density at radius 2 is 1.75 bits per heavy atom. The summed E-state index contributed by atoms with van der Waals surface area (Å²) in [7, 11) is 0. The summed E-state index contributed by atoms with van der Waals surface area (Å²) in [5.41, 5.74) is 0. The zero-order valence-corrected chi connectivity index (χ0v) is 10.6. The van der Waals surface area contributed by atoms with Gasteiger partial charge in [0.05, 0.1) is 12.7 Å². The molecule has 0 aliphatic carbocycles. The van der Waals surface area contributed by atoms with Gasteiger partial charge in [-0.15, -0.1) is 0 Å². The molecule has 3 unspecified atom stereocenters. The van der Waals surface area contributed by atoms with Crippen LogP contribution in [0.15, 0.2) is 0 Å². The highest BCUT2D eigenvalue weighted by atomic mass is 32.1. The first-order valence-electron chi connectivity index (χ1n) is 5.14. The Bertz CT molecular complexity index is 204. The van der Waals surface area contributed by atoms with Crippen LogP contribution >= 0.6 is 25.3 Å². The van der Waals surface area contributed by atoms with Crippen LogP contribution in [-0.2, 0) is 9.47 Å². The third-order valence-electron chi connectivity index (χ3n) is 2.43. The molecule has 96 valence electrons. The Hall–Kier alpha value is 0.500. The molecule has 3 N–H and O–H groups in total. The van der Waals surface area contributed by atoms with Gasteiger partial charge in [0.25, 0.3) is 0 Å². The van der Waals surface area contributed by atoms with E-state index in [1.54, 1.807) is 0 Å². The number of aliphatic hydroxyl groups is 3. The maximum atomic E-state index is 9.62. The van der Waals surface area contributed by atoms with Gasteiger partial charge < -0.3 is 24.8 Å². The summed E-state index contributed by atoms with van der Waals surface area (Å²) in [5.74, 6) is 0.918. The van der Waals surface area contributed by atoms with Crippen LogP contribution in [0.3, 0.4) is 0 Å². The molecule has 0 saturated carbocycles. The molecule has 16 heavy (non-hydrogen) atoms. The second-order valence-corrected chi connectivity index (χ2v) is 4.46. The first kappa shape index (κ1) is 14.6. The molecule has 5 nitrogen and oxygen atoms in total. The van der Waals surface area contributed by atoms with Crippen molar-refractivity contribution in [2.75, 3.05) is 18.1 Å². The number of thiol groups is 2. The van der Waals surface area contributed by atoms with Gasteiger partial charge >= 0.3 is 0 Å². The van der Waals surface area contributed by atoms with Crippen LogP contribution in [-0.4, -0.2) is 64.1 Å². The third-order valence-corrected chi connectivity index (χ3v) is 3.11. The van der Waals surface area contributed by atoms with Gasteiger partial charge in [0.15, 0.2) is 6.29 Å². The van der Waals surface area contributed by atoms with Crippen LogP contribution in [0, 0.1) is 0 Å². The monoisotopic (exact) mass is 270 g/mol. The van der Waals surface area contributed by atoms with Gasteiger partial charge in [0.2, 0.25) is 0 Å². The van der Waals surface area contributed by atoms with E-state index in [9.17, 15) is 15.3 Å². The fourth-order valence-electron chi connectivity index (χ4n) is 1.47. The summed E-state index contributed by atoms with van der Waals surface area (Å²) in [6.07, 6.45) is -4.49. The molecule has 1 aliphatic heterocycles. The van der Waals surface area contributed by atoms with Crippen LogP contribution in [0.1, 0.15) is 6.42 Å². The summed E-state index contributed by atoms with van der Waals surface area (Å²) in [5, 5.41) is 28.7. The smallest absolute Gasteiger partial charge is 0.186 e. The van der Waals surface area contributed by atoms with Crippen molar-refractivity contribution < 1.29 is 24.8 Å². The average Bonchev–Trinajstić information content (AvgIpc) is 2.29. The first-order chi connectivity index (χ1) is 7.61. The molecule has 0 aromatic carbocycles. The lowest BCUT2D eigenvalue weighted by Gasteiger charge is -2.39. The second-order valence-electron chi connectivity index (χ2n) is 3.65. The maximum Gasteiger partial charge on any atom is 0.186 e. The van der Waals surface area contributed by atoms with E-state index in [-0.39, 0.29) is 5.75 Å². The number of aliphatic hydroxyl groups excluding tert-OH is 3. The van der Waals surface area contributed by atoms with E-state index in [1.165, 1.54) is 0 Å². The summed E-state index contributed by atoms with van der Waals surface area (Å²) in [6, 6.07) is 0. The van der Waals surface area contributed by atoms with E-state index >= 15 is 0 Å². The third kappa shape index (κ3) is 3.49. The quantitative estimate of drug-likeness (QED) is 0.329. The van der Waals surface area contributed by atoms with Crippen molar-refractivity contribution >= 4 is 25.3 Å². The zero-order valence-electron chi connectivity index (χ0n) is 8.77. The van der Waals surface area contributed by atoms with Crippen molar-refractivity contribution in [1.82, 2.24) is 0 Å². The van der Waals surface area contributed by atoms with Crippen molar-refractivity contribution in [1.29, 1.82) is 0 Å². The van der Waals surface area contributed by atoms with Crippen LogP contribution < -0.4 is 0 Å². The van der Waals surface area contributed by atoms with E-state index in [0.717, 1.165) is 6.42 Å². The van der Waals surface area contributed by atoms with E-state index < -0.39 is 30.7 Å². The zero-order chi connectivity index (χ0) is 12.1. The summed E-state index contributed by atoms with van der Waals surface area (Å²) < 4.78 is 10.6. The lowest BCUT2D eigenvalue weighted by atomic mass is 10.00. The van der Waals surface area contributed by atoms with Crippen molar-refractivity contribution in [2.45, 2.75) is 37.1 Å². The molecule has 5 atom stereocenters. The largest absolute Gasteiger partial charge is 0.388 e. The van der Waals surface area contributed by atoms with E-state index in [4.69, 9.17) is 9.47 Å². The first-order valence-corrected chi connectivity index (χ1v) is 6.41. The molecular formula is C9H18O5S2. The fraction of sp³-hybridized carbons (Fsp3) is 1.00. The molecular weight excluding hydrogens is 252 g/mol. The molecule has 0 aromatic rings. The van der Waals surface area contributed by atoms with Crippen molar-refractivity contribution in [2.24, 2.45) is 0 Å². The highest BCUT2D eigenvalue weighted by molar-refractivity contribution is 7.80. The Labute approximate surface area is 106 Å². The summed E-state index contributed by atoms with van der Waals surface area (Å²) in [4.78, 5) is 0. The predicted molar refractivity (Wildman–Crippen MR) is 65.0 cm³/mol. The lowest BCUT2D eigenvalue weighted by Crippen LogP contribution is -2.58. The van der Waals surface area contributed by atoms with Crippen molar-refractivity contribution in [3.8, 4) is 0 Å². The van der Waals surface area contributed by atoms with Crippen molar-refractivity contribution in [3.05, 3.63) is 0 Å². The van der Waals surface area contributed by atoms with Gasteiger partial charge in [-0.3, -0.25) is 0 Å². The van der Waals surface area contributed by atoms with Gasteiger partial charge in [0.1, 0.15) is 18.3 Å². The predicted octanol–water partition coefficient (Wildman–Crippen LogP) is -0.940. The minimum absolute atomic E-state index is 0.247. The molecule has 1 fully saturated rings. The van der Waals surface area contributed by atoms with E-state index in [0.29, 0.717) is 12.4 Å². The van der Waals surface area contributed by atoms with Gasteiger partial charge in [-0.25, -0.2) is 0 Å². The van der Waals surface area contributed by atoms with Gasteiger partial charge in [-0.2, -0.15) is 25.3 Å². The molecule has 1 heterocycles. The Morgan fingerprint density at radius 1 is 1.06 bits per heavy atom. The number of hydrogen-bond donors (Lipinski definition) is 5.